The number of carbonyl (C=O) groups is 1. The molecular formula is C13H26N2O3. The summed E-state index contributed by atoms with van der Waals surface area (Å²) in [5.41, 5.74) is 0. The number of urea groups is 1. The smallest absolute Gasteiger partial charge is 0.317 e. The van der Waals surface area contributed by atoms with Crippen molar-refractivity contribution in [3.05, 3.63) is 0 Å². The van der Waals surface area contributed by atoms with Gasteiger partial charge in [0.05, 0.1) is 13.2 Å². The molecule has 1 fully saturated rings. The lowest BCUT2D eigenvalue weighted by atomic mass is 10.0. The lowest BCUT2D eigenvalue weighted by Gasteiger charge is -2.30. The second-order valence-electron chi connectivity index (χ2n) is 4.88. The molecule has 0 saturated carbocycles. The number of nitrogens with zero attached hydrogens (tertiary/aromatic N) is 1. The summed E-state index contributed by atoms with van der Waals surface area (Å²) in [6, 6.07) is 0.0680. The molecule has 0 bridgehead atoms. The lowest BCUT2D eigenvalue weighted by molar-refractivity contribution is 0.0694. The highest BCUT2D eigenvalue weighted by molar-refractivity contribution is 5.74. The minimum atomic E-state index is 0.0680. The molecule has 1 atom stereocenters. The van der Waals surface area contributed by atoms with E-state index in [1.54, 1.807) is 7.11 Å². The molecule has 1 rings (SSSR count). The van der Waals surface area contributed by atoms with E-state index in [1.165, 1.54) is 6.42 Å². The number of likely N-dealkylation sites (tertiary alicyclic amines) is 1. The van der Waals surface area contributed by atoms with Crippen molar-refractivity contribution in [2.75, 3.05) is 46.6 Å². The fourth-order valence-corrected chi connectivity index (χ4v) is 2.10. The quantitative estimate of drug-likeness (QED) is 0.704. The van der Waals surface area contributed by atoms with Gasteiger partial charge in [0.1, 0.15) is 0 Å². The summed E-state index contributed by atoms with van der Waals surface area (Å²) >= 11 is 0. The van der Waals surface area contributed by atoms with Crippen molar-refractivity contribution in [1.29, 1.82) is 0 Å². The average Bonchev–Trinajstić information content (AvgIpc) is 2.37. The van der Waals surface area contributed by atoms with Gasteiger partial charge in [-0.25, -0.2) is 4.79 Å². The first-order valence-electron chi connectivity index (χ1n) is 6.83. The highest BCUT2D eigenvalue weighted by Gasteiger charge is 2.20. The predicted molar refractivity (Wildman–Crippen MR) is 70.7 cm³/mol. The Kier molecular flexibility index (Phi) is 7.76. The molecule has 1 N–H and O–H groups in total. The lowest BCUT2D eigenvalue weighted by Crippen LogP contribution is -2.45. The van der Waals surface area contributed by atoms with E-state index in [-0.39, 0.29) is 6.03 Å². The Bertz CT molecular complexity index is 236. The van der Waals surface area contributed by atoms with Gasteiger partial charge in [-0.05, 0) is 25.2 Å². The maximum Gasteiger partial charge on any atom is 0.317 e. The third kappa shape index (κ3) is 6.21. The zero-order valence-corrected chi connectivity index (χ0v) is 11.6. The molecule has 2 amide bonds. The molecule has 1 aliphatic rings. The standard InChI is InChI=1S/C13H26N2O3/c1-12-5-3-7-15(11-12)13(16)14-6-4-8-18-10-9-17-2/h12H,3-11H2,1-2H3,(H,14,16). The monoisotopic (exact) mass is 258 g/mol. The van der Waals surface area contributed by atoms with E-state index in [1.807, 2.05) is 4.90 Å². The summed E-state index contributed by atoms with van der Waals surface area (Å²) in [7, 11) is 1.66. The number of piperidine rings is 1. The second-order valence-corrected chi connectivity index (χ2v) is 4.88. The maximum absolute atomic E-state index is 11.8. The van der Waals surface area contributed by atoms with Crippen molar-refractivity contribution in [2.45, 2.75) is 26.2 Å². The summed E-state index contributed by atoms with van der Waals surface area (Å²) < 4.78 is 10.2. The molecule has 0 aromatic carbocycles. The van der Waals surface area contributed by atoms with Crippen molar-refractivity contribution in [3.63, 3.8) is 0 Å². The molecule has 1 aliphatic heterocycles. The highest BCUT2D eigenvalue weighted by Crippen LogP contribution is 2.14. The number of hydrogen-bond donors (Lipinski definition) is 1. The zero-order chi connectivity index (χ0) is 13.2. The number of hydrogen-bond acceptors (Lipinski definition) is 3. The minimum absolute atomic E-state index is 0.0680. The third-order valence-electron chi connectivity index (χ3n) is 3.12. The molecule has 1 unspecified atom stereocenters. The van der Waals surface area contributed by atoms with E-state index in [0.29, 0.717) is 32.3 Å². The van der Waals surface area contributed by atoms with Crippen molar-refractivity contribution in [1.82, 2.24) is 10.2 Å². The first-order chi connectivity index (χ1) is 8.74. The molecule has 0 aromatic heterocycles. The maximum atomic E-state index is 11.8. The Morgan fingerprint density at radius 1 is 1.39 bits per heavy atom. The topological polar surface area (TPSA) is 50.8 Å². The Morgan fingerprint density at radius 3 is 2.94 bits per heavy atom. The van der Waals surface area contributed by atoms with Crippen LogP contribution in [0.3, 0.4) is 0 Å². The van der Waals surface area contributed by atoms with Crippen LogP contribution >= 0.6 is 0 Å². The highest BCUT2D eigenvalue weighted by atomic mass is 16.5. The fraction of sp³-hybridized carbons (Fsp3) is 0.923. The Labute approximate surface area is 110 Å². The van der Waals surface area contributed by atoms with Gasteiger partial charge >= 0.3 is 6.03 Å². The number of amides is 2. The van der Waals surface area contributed by atoms with Gasteiger partial charge in [-0.1, -0.05) is 6.92 Å². The van der Waals surface area contributed by atoms with Gasteiger partial charge in [0.2, 0.25) is 0 Å². The Morgan fingerprint density at radius 2 is 2.22 bits per heavy atom. The van der Waals surface area contributed by atoms with Crippen LogP contribution < -0.4 is 5.32 Å². The van der Waals surface area contributed by atoms with Crippen LogP contribution in [-0.4, -0.2) is 57.5 Å². The van der Waals surface area contributed by atoms with Gasteiger partial charge in [-0.2, -0.15) is 0 Å². The summed E-state index contributed by atoms with van der Waals surface area (Å²) in [5, 5.41) is 2.94. The first kappa shape index (κ1) is 15.2. The number of rotatable bonds is 7. The van der Waals surface area contributed by atoms with Crippen molar-refractivity contribution in [2.24, 2.45) is 5.92 Å². The molecule has 0 aromatic rings. The molecule has 0 aliphatic carbocycles. The molecule has 1 heterocycles. The normalized spacial score (nSPS) is 19.9. The minimum Gasteiger partial charge on any atom is -0.382 e. The van der Waals surface area contributed by atoms with Crippen LogP contribution in [0.4, 0.5) is 4.79 Å². The molecule has 0 radical (unpaired) electrons. The predicted octanol–water partition coefficient (Wildman–Crippen LogP) is 1.48. The fourth-order valence-electron chi connectivity index (χ4n) is 2.10. The number of carbonyl (C=O) groups excluding carboxylic acids is 1. The molecule has 1 saturated heterocycles. The summed E-state index contributed by atoms with van der Waals surface area (Å²) in [4.78, 5) is 13.7. The van der Waals surface area contributed by atoms with Gasteiger partial charge in [-0.3, -0.25) is 0 Å². The van der Waals surface area contributed by atoms with Crippen molar-refractivity contribution < 1.29 is 14.3 Å². The first-order valence-corrected chi connectivity index (χ1v) is 6.83. The molecular weight excluding hydrogens is 232 g/mol. The second kappa shape index (κ2) is 9.16. The Hall–Kier alpha value is -0.810. The van der Waals surface area contributed by atoms with Crippen LogP contribution in [-0.2, 0) is 9.47 Å². The molecule has 106 valence electrons. The van der Waals surface area contributed by atoms with E-state index in [4.69, 9.17) is 9.47 Å². The Balaban J connectivity index is 1.99. The van der Waals surface area contributed by atoms with Crippen LogP contribution in [0.5, 0.6) is 0 Å². The van der Waals surface area contributed by atoms with Gasteiger partial charge in [0, 0.05) is 33.4 Å². The van der Waals surface area contributed by atoms with E-state index >= 15 is 0 Å². The van der Waals surface area contributed by atoms with E-state index < -0.39 is 0 Å². The van der Waals surface area contributed by atoms with Crippen molar-refractivity contribution in [3.8, 4) is 0 Å². The van der Waals surface area contributed by atoms with E-state index in [0.717, 1.165) is 25.9 Å². The van der Waals surface area contributed by atoms with E-state index in [9.17, 15) is 4.79 Å². The van der Waals surface area contributed by atoms with Gasteiger partial charge in [0.15, 0.2) is 0 Å². The van der Waals surface area contributed by atoms with Crippen LogP contribution in [0.1, 0.15) is 26.2 Å². The summed E-state index contributed by atoms with van der Waals surface area (Å²) in [6.07, 6.45) is 3.20. The average molecular weight is 258 g/mol. The van der Waals surface area contributed by atoms with Crippen LogP contribution in [0.25, 0.3) is 0 Å². The molecule has 18 heavy (non-hydrogen) atoms. The van der Waals surface area contributed by atoms with Crippen LogP contribution in [0.15, 0.2) is 0 Å². The SMILES string of the molecule is COCCOCCCNC(=O)N1CCCC(C)C1. The largest absolute Gasteiger partial charge is 0.382 e. The van der Waals surface area contributed by atoms with Crippen LogP contribution in [0, 0.1) is 5.92 Å². The third-order valence-corrected chi connectivity index (χ3v) is 3.12. The van der Waals surface area contributed by atoms with Crippen LogP contribution in [0.2, 0.25) is 0 Å². The van der Waals surface area contributed by atoms with Crippen molar-refractivity contribution >= 4 is 6.03 Å². The number of methoxy groups -OCH3 is 1. The molecule has 0 spiro atoms. The van der Waals surface area contributed by atoms with Gasteiger partial charge in [0.25, 0.3) is 0 Å². The molecule has 5 nitrogen and oxygen atoms in total. The number of nitrogens with one attached hydrogen (secondary N) is 1. The van der Waals surface area contributed by atoms with Gasteiger partial charge in [-0.15, -0.1) is 0 Å². The summed E-state index contributed by atoms with van der Waals surface area (Å²) in [5.74, 6) is 0.627. The molecule has 5 heteroatoms. The summed E-state index contributed by atoms with van der Waals surface area (Å²) in [6.45, 7) is 6.56. The van der Waals surface area contributed by atoms with Gasteiger partial charge < -0.3 is 19.7 Å². The number of ether oxygens (including phenoxy) is 2. The zero-order valence-electron chi connectivity index (χ0n) is 11.6. The van der Waals surface area contributed by atoms with E-state index in [2.05, 4.69) is 12.2 Å².